The van der Waals surface area contributed by atoms with E-state index in [9.17, 15) is 8.42 Å². The average Bonchev–Trinajstić information content (AvgIpc) is 2.85. The van der Waals surface area contributed by atoms with Crippen LogP contribution < -0.4 is 4.31 Å². The Labute approximate surface area is 121 Å². The van der Waals surface area contributed by atoms with Crippen molar-refractivity contribution in [3.8, 4) is 10.4 Å². The predicted molar refractivity (Wildman–Crippen MR) is 82.8 cm³/mol. The zero-order chi connectivity index (χ0) is 13.9. The molecule has 3 aromatic rings. The molecule has 4 rings (SSSR count). The Balaban J connectivity index is 2.22. The summed E-state index contributed by atoms with van der Waals surface area (Å²) in [6.07, 6.45) is 0. The van der Waals surface area contributed by atoms with Crippen molar-refractivity contribution in [1.82, 2.24) is 0 Å². The zero-order valence-electron chi connectivity index (χ0n) is 10.7. The molecule has 3 nitrogen and oxygen atoms in total. The molecule has 0 aliphatic carbocycles. The first-order valence-corrected chi connectivity index (χ1v) is 8.46. The van der Waals surface area contributed by atoms with Crippen LogP contribution in [0.2, 0.25) is 0 Å². The molecule has 5 heteroatoms. The van der Waals surface area contributed by atoms with Gasteiger partial charge in [0, 0.05) is 22.7 Å². The van der Waals surface area contributed by atoms with Crippen molar-refractivity contribution in [3.05, 3.63) is 48.5 Å². The standard InChI is InChI=1S/C15H11NO2S2/c1-16-14-10-6-2-4-8-12(10)19-15(14)11-7-3-5-9-13(11)20(16,17)18/h2-9H,1H3. The Morgan fingerprint density at radius 1 is 1.00 bits per heavy atom. The molecule has 0 N–H and O–H groups in total. The minimum absolute atomic E-state index is 0.390. The fraction of sp³-hybridized carbons (Fsp3) is 0.0667. The predicted octanol–water partition coefficient (Wildman–Crippen LogP) is 3.71. The number of fused-ring (bicyclic) bond motifs is 5. The van der Waals surface area contributed by atoms with Crippen LogP contribution in [0.3, 0.4) is 0 Å². The third-order valence-corrected chi connectivity index (χ3v) is 6.66. The first-order valence-electron chi connectivity index (χ1n) is 6.20. The maximum absolute atomic E-state index is 12.6. The number of thiophene rings is 1. The van der Waals surface area contributed by atoms with E-state index in [0.29, 0.717) is 4.90 Å². The number of hydrogen-bond donors (Lipinski definition) is 0. The van der Waals surface area contributed by atoms with E-state index in [1.807, 2.05) is 36.4 Å². The fourth-order valence-electron chi connectivity index (χ4n) is 2.67. The second-order valence-corrected chi connectivity index (χ2v) is 7.73. The Kier molecular flexibility index (Phi) is 2.29. The van der Waals surface area contributed by atoms with Crippen molar-refractivity contribution < 1.29 is 8.42 Å². The molecule has 0 saturated carbocycles. The third kappa shape index (κ3) is 1.36. The molecule has 0 atom stereocenters. The Bertz CT molecular complexity index is 941. The molecular weight excluding hydrogens is 290 g/mol. The first kappa shape index (κ1) is 11.9. The molecule has 2 aromatic carbocycles. The molecule has 1 aliphatic rings. The van der Waals surface area contributed by atoms with Gasteiger partial charge in [0.15, 0.2) is 0 Å². The Morgan fingerprint density at radius 3 is 2.55 bits per heavy atom. The molecule has 0 amide bonds. The van der Waals surface area contributed by atoms with Crippen LogP contribution in [0.4, 0.5) is 5.69 Å². The summed E-state index contributed by atoms with van der Waals surface area (Å²) in [7, 11) is -1.83. The molecule has 0 radical (unpaired) electrons. The maximum Gasteiger partial charge on any atom is 0.264 e. The summed E-state index contributed by atoms with van der Waals surface area (Å²) in [5.41, 5.74) is 1.60. The average molecular weight is 301 g/mol. The van der Waals surface area contributed by atoms with Gasteiger partial charge in [-0.2, -0.15) is 0 Å². The Morgan fingerprint density at radius 2 is 1.70 bits per heavy atom. The van der Waals surface area contributed by atoms with Gasteiger partial charge in [0.1, 0.15) is 0 Å². The second kappa shape index (κ2) is 3.84. The number of benzene rings is 2. The summed E-state index contributed by atoms with van der Waals surface area (Å²) >= 11 is 1.64. The lowest BCUT2D eigenvalue weighted by atomic mass is 10.1. The van der Waals surface area contributed by atoms with Crippen LogP contribution in [0.25, 0.3) is 20.5 Å². The minimum Gasteiger partial charge on any atom is -0.267 e. The summed E-state index contributed by atoms with van der Waals surface area (Å²) in [6.45, 7) is 0. The van der Waals surface area contributed by atoms with Crippen molar-refractivity contribution in [1.29, 1.82) is 0 Å². The molecule has 0 spiro atoms. The van der Waals surface area contributed by atoms with Gasteiger partial charge in [-0.05, 0) is 12.1 Å². The summed E-state index contributed by atoms with van der Waals surface area (Å²) in [5.74, 6) is 0. The van der Waals surface area contributed by atoms with E-state index in [4.69, 9.17) is 0 Å². The van der Waals surface area contributed by atoms with Crippen molar-refractivity contribution in [2.24, 2.45) is 0 Å². The van der Waals surface area contributed by atoms with Crippen LogP contribution in [0, 0.1) is 0 Å². The normalized spacial score (nSPS) is 15.9. The van der Waals surface area contributed by atoms with E-state index >= 15 is 0 Å². The highest BCUT2D eigenvalue weighted by molar-refractivity contribution is 7.93. The largest absolute Gasteiger partial charge is 0.267 e. The number of anilines is 1. The smallest absolute Gasteiger partial charge is 0.264 e. The molecule has 100 valence electrons. The lowest BCUT2D eigenvalue weighted by Gasteiger charge is -2.26. The maximum atomic E-state index is 12.6. The SMILES string of the molecule is CN1c2c(sc3ccccc23)-c2ccccc2S1(=O)=O. The van der Waals surface area contributed by atoms with E-state index in [-0.39, 0.29) is 0 Å². The molecule has 0 saturated heterocycles. The van der Waals surface area contributed by atoms with Gasteiger partial charge >= 0.3 is 0 Å². The van der Waals surface area contributed by atoms with Gasteiger partial charge in [-0.1, -0.05) is 36.4 Å². The first-order chi connectivity index (χ1) is 9.60. The van der Waals surface area contributed by atoms with E-state index in [1.165, 1.54) is 4.31 Å². The van der Waals surface area contributed by atoms with E-state index < -0.39 is 10.0 Å². The van der Waals surface area contributed by atoms with Gasteiger partial charge in [-0.3, -0.25) is 4.31 Å². The monoisotopic (exact) mass is 301 g/mol. The van der Waals surface area contributed by atoms with Gasteiger partial charge in [0.05, 0.1) is 15.5 Å². The van der Waals surface area contributed by atoms with E-state index in [0.717, 1.165) is 26.2 Å². The fourth-order valence-corrected chi connectivity index (χ4v) is 5.49. The summed E-state index contributed by atoms with van der Waals surface area (Å²) in [6, 6.07) is 15.1. The van der Waals surface area contributed by atoms with Crippen molar-refractivity contribution in [2.45, 2.75) is 4.90 Å². The van der Waals surface area contributed by atoms with Crippen LogP contribution in [-0.4, -0.2) is 15.5 Å². The molecule has 0 fully saturated rings. The number of sulfonamides is 1. The van der Waals surface area contributed by atoms with Gasteiger partial charge in [-0.15, -0.1) is 11.3 Å². The highest BCUT2D eigenvalue weighted by Gasteiger charge is 2.34. The Hall–Kier alpha value is -1.85. The lowest BCUT2D eigenvalue weighted by Crippen LogP contribution is -2.29. The lowest BCUT2D eigenvalue weighted by molar-refractivity contribution is 0.594. The zero-order valence-corrected chi connectivity index (χ0v) is 12.3. The van der Waals surface area contributed by atoms with Crippen LogP contribution in [0.5, 0.6) is 0 Å². The van der Waals surface area contributed by atoms with Crippen molar-refractivity contribution >= 4 is 37.1 Å². The number of hydrogen-bond acceptors (Lipinski definition) is 3. The van der Waals surface area contributed by atoms with Crippen molar-refractivity contribution in [2.75, 3.05) is 11.4 Å². The van der Waals surface area contributed by atoms with Gasteiger partial charge in [-0.25, -0.2) is 8.42 Å². The van der Waals surface area contributed by atoms with E-state index in [2.05, 4.69) is 0 Å². The molecule has 0 unspecified atom stereocenters. The van der Waals surface area contributed by atoms with Gasteiger partial charge < -0.3 is 0 Å². The van der Waals surface area contributed by atoms with Crippen LogP contribution in [-0.2, 0) is 10.0 Å². The second-order valence-electron chi connectivity index (χ2n) is 4.74. The number of nitrogens with zero attached hydrogens (tertiary/aromatic N) is 1. The van der Waals surface area contributed by atoms with Crippen LogP contribution >= 0.6 is 11.3 Å². The van der Waals surface area contributed by atoms with E-state index in [1.54, 1.807) is 30.5 Å². The molecule has 1 aromatic heterocycles. The summed E-state index contributed by atoms with van der Waals surface area (Å²) in [5, 5.41) is 0.994. The third-order valence-electron chi connectivity index (χ3n) is 3.65. The summed E-state index contributed by atoms with van der Waals surface area (Å²) < 4.78 is 27.8. The minimum atomic E-state index is -3.46. The number of rotatable bonds is 0. The van der Waals surface area contributed by atoms with Gasteiger partial charge in [0.25, 0.3) is 10.0 Å². The van der Waals surface area contributed by atoms with Crippen LogP contribution in [0.1, 0.15) is 0 Å². The molecule has 1 aliphatic heterocycles. The molecule has 20 heavy (non-hydrogen) atoms. The van der Waals surface area contributed by atoms with Gasteiger partial charge in [0.2, 0.25) is 0 Å². The van der Waals surface area contributed by atoms with Crippen molar-refractivity contribution in [3.63, 3.8) is 0 Å². The topological polar surface area (TPSA) is 37.4 Å². The quantitative estimate of drug-likeness (QED) is 0.635. The molecule has 0 bridgehead atoms. The highest BCUT2D eigenvalue weighted by Crippen LogP contribution is 2.50. The molecular formula is C15H11NO2S2. The molecule has 2 heterocycles. The summed E-state index contributed by atoms with van der Waals surface area (Å²) in [4.78, 5) is 1.42. The van der Waals surface area contributed by atoms with Crippen LogP contribution in [0.15, 0.2) is 53.4 Å². The highest BCUT2D eigenvalue weighted by atomic mass is 32.2.